The zero-order valence-corrected chi connectivity index (χ0v) is 16.8. The predicted molar refractivity (Wildman–Crippen MR) is 104 cm³/mol. The number of carbonyl (C=O) groups excluding carboxylic acids is 1. The molecule has 0 aliphatic carbocycles. The summed E-state index contributed by atoms with van der Waals surface area (Å²) in [6.07, 6.45) is 3.52. The van der Waals surface area contributed by atoms with Crippen LogP contribution in [-0.2, 0) is 17.6 Å². The van der Waals surface area contributed by atoms with Gasteiger partial charge >= 0.3 is 0 Å². The highest BCUT2D eigenvalue weighted by atomic mass is 32.2. The molecule has 0 bridgehead atoms. The van der Waals surface area contributed by atoms with Crippen molar-refractivity contribution < 1.29 is 13.7 Å². The van der Waals surface area contributed by atoms with Crippen LogP contribution in [0.4, 0.5) is 10.1 Å². The Labute approximate surface area is 164 Å². The monoisotopic (exact) mass is 406 g/mol. The van der Waals surface area contributed by atoms with Crippen molar-refractivity contribution in [2.45, 2.75) is 29.7 Å². The number of halogens is 1. The predicted octanol–water partition coefficient (Wildman–Crippen LogP) is 4.19. The van der Waals surface area contributed by atoms with E-state index in [4.69, 9.17) is 4.52 Å². The molecule has 0 fully saturated rings. The van der Waals surface area contributed by atoms with Gasteiger partial charge in [-0.2, -0.15) is 0 Å². The van der Waals surface area contributed by atoms with Crippen LogP contribution >= 0.6 is 23.5 Å². The number of anilines is 1. The molecule has 0 saturated heterocycles. The lowest BCUT2D eigenvalue weighted by atomic mass is 10.2. The van der Waals surface area contributed by atoms with Crippen molar-refractivity contribution >= 4 is 35.1 Å². The molecular formula is C18H19FN4O2S2. The van der Waals surface area contributed by atoms with Gasteiger partial charge in [-0.3, -0.25) is 4.79 Å². The highest BCUT2D eigenvalue weighted by molar-refractivity contribution is 7.99. The van der Waals surface area contributed by atoms with Crippen LogP contribution in [0.5, 0.6) is 0 Å². The number of imidazole rings is 1. The molecule has 0 radical (unpaired) electrons. The second-order valence-corrected chi connectivity index (χ2v) is 7.90. The van der Waals surface area contributed by atoms with Crippen LogP contribution in [-0.4, -0.2) is 26.4 Å². The van der Waals surface area contributed by atoms with E-state index in [1.807, 2.05) is 31.7 Å². The molecule has 0 aliphatic rings. The molecule has 142 valence electrons. The summed E-state index contributed by atoms with van der Waals surface area (Å²) in [5.41, 5.74) is 2.27. The molecule has 2 heterocycles. The Morgan fingerprint density at radius 2 is 2.19 bits per heavy atom. The van der Waals surface area contributed by atoms with Gasteiger partial charge in [0.25, 0.3) is 0 Å². The van der Waals surface area contributed by atoms with E-state index in [0.29, 0.717) is 11.4 Å². The molecule has 0 atom stereocenters. The Hall–Kier alpha value is -2.26. The van der Waals surface area contributed by atoms with Crippen molar-refractivity contribution in [1.29, 1.82) is 0 Å². The topological polar surface area (TPSA) is 73.0 Å². The number of hydrogen-bond donors (Lipinski definition) is 1. The van der Waals surface area contributed by atoms with Gasteiger partial charge in [0.05, 0.1) is 17.1 Å². The van der Waals surface area contributed by atoms with Crippen molar-refractivity contribution in [3.63, 3.8) is 0 Å². The second-order valence-electron chi connectivity index (χ2n) is 5.91. The Kier molecular flexibility index (Phi) is 6.22. The van der Waals surface area contributed by atoms with Crippen LogP contribution in [0.25, 0.3) is 0 Å². The van der Waals surface area contributed by atoms with Crippen molar-refractivity contribution in [2.75, 3.05) is 11.1 Å². The van der Waals surface area contributed by atoms with Gasteiger partial charge in [0.2, 0.25) is 5.91 Å². The summed E-state index contributed by atoms with van der Waals surface area (Å²) in [5.74, 6) is 1.04. The molecule has 27 heavy (non-hydrogen) atoms. The minimum Gasteiger partial charge on any atom is -0.361 e. The van der Waals surface area contributed by atoms with Crippen molar-refractivity contribution in [3.05, 3.63) is 53.4 Å². The molecule has 0 aliphatic heterocycles. The van der Waals surface area contributed by atoms with E-state index in [1.165, 1.54) is 35.7 Å². The first-order chi connectivity index (χ1) is 12.9. The minimum atomic E-state index is -0.405. The molecule has 2 aromatic heterocycles. The number of thioether (sulfide) groups is 1. The van der Waals surface area contributed by atoms with Gasteiger partial charge < -0.3 is 14.4 Å². The molecule has 1 N–H and O–H groups in total. The number of nitrogens with one attached hydrogen (secondary N) is 1. The van der Waals surface area contributed by atoms with Crippen LogP contribution in [0, 0.1) is 19.7 Å². The quantitative estimate of drug-likeness (QED) is 0.634. The summed E-state index contributed by atoms with van der Waals surface area (Å²) in [6, 6.07) is 4.33. The van der Waals surface area contributed by atoms with E-state index < -0.39 is 5.82 Å². The normalized spacial score (nSPS) is 11.0. The van der Waals surface area contributed by atoms with Gasteiger partial charge in [-0.15, -0.1) is 11.8 Å². The zero-order valence-electron chi connectivity index (χ0n) is 15.2. The van der Waals surface area contributed by atoms with Crippen LogP contribution in [0.15, 0.2) is 45.2 Å². The van der Waals surface area contributed by atoms with Crippen LogP contribution in [0.1, 0.15) is 17.0 Å². The fraction of sp³-hybridized carbons (Fsp3) is 0.278. The van der Waals surface area contributed by atoms with Gasteiger partial charge in [0, 0.05) is 35.7 Å². The summed E-state index contributed by atoms with van der Waals surface area (Å²) in [6.45, 7) is 3.73. The summed E-state index contributed by atoms with van der Waals surface area (Å²) in [7, 11) is 1.88. The van der Waals surface area contributed by atoms with Gasteiger partial charge in [0.1, 0.15) is 11.6 Å². The van der Waals surface area contributed by atoms with Gasteiger partial charge in [0.15, 0.2) is 5.16 Å². The molecule has 0 unspecified atom stereocenters. The molecule has 6 nitrogen and oxygen atoms in total. The maximum atomic E-state index is 13.7. The number of hydrogen-bond acceptors (Lipinski definition) is 6. The molecule has 0 saturated carbocycles. The molecule has 1 aromatic carbocycles. The van der Waals surface area contributed by atoms with E-state index in [0.717, 1.165) is 27.1 Å². The fourth-order valence-corrected chi connectivity index (χ4v) is 4.22. The van der Waals surface area contributed by atoms with Gasteiger partial charge in [-0.1, -0.05) is 5.16 Å². The lowest BCUT2D eigenvalue weighted by Crippen LogP contribution is -2.15. The Morgan fingerprint density at radius 3 is 2.85 bits per heavy atom. The summed E-state index contributed by atoms with van der Waals surface area (Å²) in [4.78, 5) is 17.3. The number of aryl methyl sites for hydroxylation is 3. The first kappa shape index (κ1) is 19.5. The number of rotatable bonds is 7. The molecule has 3 rings (SSSR count). The number of carbonyl (C=O) groups is 1. The molecular weight excluding hydrogens is 387 g/mol. The third kappa shape index (κ3) is 4.92. The fourth-order valence-electron chi connectivity index (χ4n) is 2.38. The summed E-state index contributed by atoms with van der Waals surface area (Å²) < 4.78 is 20.7. The largest absolute Gasteiger partial charge is 0.361 e. The maximum absolute atomic E-state index is 13.7. The molecule has 0 spiro atoms. The highest BCUT2D eigenvalue weighted by Gasteiger charge is 2.13. The lowest BCUT2D eigenvalue weighted by Gasteiger charge is -2.11. The summed E-state index contributed by atoms with van der Waals surface area (Å²) in [5, 5.41) is 7.45. The SMILES string of the molecule is Cc1noc(C)c1CSCC(=O)Nc1cc(F)ccc1Sc1nccn1C. The van der Waals surface area contributed by atoms with Crippen LogP contribution < -0.4 is 5.32 Å². The second kappa shape index (κ2) is 8.62. The van der Waals surface area contributed by atoms with Crippen LogP contribution in [0.3, 0.4) is 0 Å². The van der Waals surface area contributed by atoms with E-state index in [9.17, 15) is 9.18 Å². The average molecular weight is 407 g/mol. The minimum absolute atomic E-state index is 0.195. The highest BCUT2D eigenvalue weighted by Crippen LogP contribution is 2.33. The molecule has 1 amide bonds. The Bertz CT molecular complexity index is 935. The standard InChI is InChI=1S/C18H19FN4O2S2/c1-11-14(12(2)25-22-11)9-26-10-17(24)21-15-8-13(19)4-5-16(15)27-18-20-6-7-23(18)3/h4-8H,9-10H2,1-3H3,(H,21,24). The molecule has 9 heteroatoms. The third-order valence-electron chi connectivity index (χ3n) is 3.85. The smallest absolute Gasteiger partial charge is 0.234 e. The van der Waals surface area contributed by atoms with E-state index in [-0.39, 0.29) is 11.7 Å². The maximum Gasteiger partial charge on any atom is 0.234 e. The average Bonchev–Trinajstić information content (AvgIpc) is 3.17. The van der Waals surface area contributed by atoms with E-state index in [1.54, 1.807) is 12.3 Å². The van der Waals surface area contributed by atoms with Gasteiger partial charge in [-0.25, -0.2) is 9.37 Å². The van der Waals surface area contributed by atoms with Gasteiger partial charge in [-0.05, 0) is 43.8 Å². The van der Waals surface area contributed by atoms with Crippen molar-refractivity contribution in [3.8, 4) is 0 Å². The Balaban J connectivity index is 1.63. The van der Waals surface area contributed by atoms with E-state index >= 15 is 0 Å². The Morgan fingerprint density at radius 1 is 1.37 bits per heavy atom. The first-order valence-electron chi connectivity index (χ1n) is 8.18. The number of benzene rings is 1. The number of nitrogens with zero attached hydrogens (tertiary/aromatic N) is 3. The number of aromatic nitrogens is 3. The first-order valence-corrected chi connectivity index (χ1v) is 10.1. The zero-order chi connectivity index (χ0) is 19.4. The lowest BCUT2D eigenvalue weighted by molar-refractivity contribution is -0.113. The third-order valence-corrected chi connectivity index (χ3v) is 5.97. The summed E-state index contributed by atoms with van der Waals surface area (Å²) >= 11 is 2.82. The number of amides is 1. The van der Waals surface area contributed by atoms with Crippen molar-refractivity contribution in [2.24, 2.45) is 7.05 Å². The van der Waals surface area contributed by atoms with Crippen LogP contribution in [0.2, 0.25) is 0 Å². The van der Waals surface area contributed by atoms with Crippen molar-refractivity contribution in [1.82, 2.24) is 14.7 Å². The molecule has 3 aromatic rings. The van der Waals surface area contributed by atoms with E-state index in [2.05, 4.69) is 15.5 Å².